The normalized spacial score (nSPS) is 12.4. The Morgan fingerprint density at radius 3 is 2.59 bits per heavy atom. The highest BCUT2D eigenvalue weighted by molar-refractivity contribution is 7.13. The molecule has 1 N–H and O–H groups in total. The molecule has 3 rings (SSSR count). The van der Waals surface area contributed by atoms with Gasteiger partial charge in [0.25, 0.3) is 0 Å². The minimum absolute atomic E-state index is 0.0944. The molecule has 0 radical (unpaired) electrons. The number of aromatic nitrogens is 3. The third-order valence-corrected chi connectivity index (χ3v) is 4.91. The van der Waals surface area contributed by atoms with Crippen molar-refractivity contribution >= 4 is 23.1 Å². The zero-order valence-electron chi connectivity index (χ0n) is 16.7. The fourth-order valence-electron chi connectivity index (χ4n) is 2.60. The molecule has 3 aromatic rings. The van der Waals surface area contributed by atoms with Crippen LogP contribution in [-0.4, -0.2) is 20.7 Å². The van der Waals surface area contributed by atoms with E-state index >= 15 is 0 Å². The average molecular weight is 387 g/mol. The van der Waals surface area contributed by atoms with Gasteiger partial charge >= 0.3 is 0 Å². The third kappa shape index (κ3) is 4.47. The predicted octanol–water partition coefficient (Wildman–Crippen LogP) is 4.83. The predicted molar refractivity (Wildman–Crippen MR) is 108 cm³/mol. The Balaban J connectivity index is 1.77. The van der Waals surface area contributed by atoms with Crippen molar-refractivity contribution < 1.29 is 9.21 Å². The SMILES string of the molecule is CC(C)(C)c1cc(NC(=O)Cc2csc(-c3ccco3)n2)n(C(C)(C)C)n1. The second-order valence-electron chi connectivity index (χ2n) is 8.59. The Kier molecular flexibility index (Phi) is 4.99. The van der Waals surface area contributed by atoms with Crippen molar-refractivity contribution in [2.24, 2.45) is 0 Å². The maximum absolute atomic E-state index is 12.6. The number of thiazole rings is 1. The molecule has 0 aliphatic heterocycles. The Morgan fingerprint density at radius 1 is 1.26 bits per heavy atom. The standard InChI is InChI=1S/C20H26N4O2S/c1-19(2,3)15-11-16(24(23-15)20(4,5)6)22-17(25)10-13-12-27-18(21-13)14-8-7-9-26-14/h7-9,11-12H,10H2,1-6H3,(H,22,25). The van der Waals surface area contributed by atoms with Crippen LogP contribution in [-0.2, 0) is 22.2 Å². The van der Waals surface area contributed by atoms with Crippen molar-refractivity contribution in [3.05, 3.63) is 41.2 Å². The van der Waals surface area contributed by atoms with Gasteiger partial charge in [0.05, 0.1) is 29.6 Å². The number of hydrogen-bond acceptors (Lipinski definition) is 5. The molecule has 0 fully saturated rings. The molecule has 144 valence electrons. The maximum atomic E-state index is 12.6. The largest absolute Gasteiger partial charge is 0.462 e. The van der Waals surface area contributed by atoms with Gasteiger partial charge < -0.3 is 9.73 Å². The summed E-state index contributed by atoms with van der Waals surface area (Å²) in [6, 6.07) is 5.64. The number of nitrogens with zero attached hydrogens (tertiary/aromatic N) is 3. The van der Waals surface area contributed by atoms with Gasteiger partial charge in [-0.1, -0.05) is 20.8 Å². The van der Waals surface area contributed by atoms with Crippen LogP contribution in [0.4, 0.5) is 5.82 Å². The Labute approximate surface area is 163 Å². The summed E-state index contributed by atoms with van der Waals surface area (Å²) < 4.78 is 7.23. The van der Waals surface area contributed by atoms with Gasteiger partial charge in [0, 0.05) is 16.9 Å². The minimum atomic E-state index is -0.237. The van der Waals surface area contributed by atoms with E-state index in [4.69, 9.17) is 9.52 Å². The minimum Gasteiger partial charge on any atom is -0.462 e. The molecule has 0 bridgehead atoms. The first-order chi connectivity index (χ1) is 12.5. The molecule has 0 spiro atoms. The van der Waals surface area contributed by atoms with Crippen LogP contribution in [0.5, 0.6) is 0 Å². The molecule has 0 aliphatic rings. The lowest BCUT2D eigenvalue weighted by molar-refractivity contribution is -0.115. The zero-order chi connectivity index (χ0) is 19.8. The molecule has 0 saturated heterocycles. The summed E-state index contributed by atoms with van der Waals surface area (Å²) in [7, 11) is 0. The summed E-state index contributed by atoms with van der Waals surface area (Å²) in [6.45, 7) is 12.5. The Hall–Kier alpha value is -2.41. The molecule has 1 amide bonds. The quantitative estimate of drug-likeness (QED) is 0.697. The molecule has 0 atom stereocenters. The lowest BCUT2D eigenvalue weighted by Crippen LogP contribution is -2.27. The number of hydrogen-bond donors (Lipinski definition) is 1. The van der Waals surface area contributed by atoms with Crippen molar-refractivity contribution in [2.75, 3.05) is 5.32 Å². The van der Waals surface area contributed by atoms with E-state index in [2.05, 4.69) is 51.8 Å². The highest BCUT2D eigenvalue weighted by Gasteiger charge is 2.26. The van der Waals surface area contributed by atoms with E-state index in [9.17, 15) is 4.79 Å². The number of nitrogens with one attached hydrogen (secondary N) is 1. The second-order valence-corrected chi connectivity index (χ2v) is 9.45. The smallest absolute Gasteiger partial charge is 0.231 e. The first kappa shape index (κ1) is 19.4. The molecule has 0 saturated carbocycles. The summed E-state index contributed by atoms with van der Waals surface area (Å²) >= 11 is 1.47. The van der Waals surface area contributed by atoms with Crippen LogP contribution in [0.1, 0.15) is 52.9 Å². The van der Waals surface area contributed by atoms with Crippen LogP contribution < -0.4 is 5.32 Å². The van der Waals surface area contributed by atoms with Gasteiger partial charge in [0.2, 0.25) is 5.91 Å². The van der Waals surface area contributed by atoms with E-state index in [1.54, 1.807) is 6.26 Å². The van der Waals surface area contributed by atoms with Gasteiger partial charge in [-0.25, -0.2) is 9.67 Å². The van der Waals surface area contributed by atoms with Crippen LogP contribution in [0, 0.1) is 0 Å². The number of carbonyl (C=O) groups excluding carboxylic acids is 1. The number of rotatable bonds is 4. The van der Waals surface area contributed by atoms with Crippen molar-refractivity contribution in [3.63, 3.8) is 0 Å². The highest BCUT2D eigenvalue weighted by atomic mass is 32.1. The highest BCUT2D eigenvalue weighted by Crippen LogP contribution is 2.28. The summed E-state index contributed by atoms with van der Waals surface area (Å²) in [4.78, 5) is 17.1. The molecule has 27 heavy (non-hydrogen) atoms. The third-order valence-electron chi connectivity index (χ3n) is 4.01. The molecule has 0 unspecified atom stereocenters. The van der Waals surface area contributed by atoms with E-state index in [1.165, 1.54) is 11.3 Å². The molecule has 3 heterocycles. The number of furan rings is 1. The summed E-state index contributed by atoms with van der Waals surface area (Å²) in [5, 5.41) is 10.4. The molecule has 6 nitrogen and oxygen atoms in total. The van der Waals surface area contributed by atoms with E-state index in [0.717, 1.165) is 16.4 Å². The van der Waals surface area contributed by atoms with Crippen LogP contribution >= 0.6 is 11.3 Å². The number of amides is 1. The first-order valence-electron chi connectivity index (χ1n) is 8.93. The summed E-state index contributed by atoms with van der Waals surface area (Å²) in [6.07, 6.45) is 1.82. The van der Waals surface area contributed by atoms with Crippen LogP contribution in [0.3, 0.4) is 0 Å². The molecular weight excluding hydrogens is 360 g/mol. The topological polar surface area (TPSA) is 73.0 Å². The Bertz CT molecular complexity index is 924. The number of anilines is 1. The second kappa shape index (κ2) is 6.96. The molecule has 7 heteroatoms. The van der Waals surface area contributed by atoms with Crippen LogP contribution in [0.25, 0.3) is 10.8 Å². The van der Waals surface area contributed by atoms with Gasteiger partial charge in [-0.2, -0.15) is 5.10 Å². The molecule has 0 aromatic carbocycles. The van der Waals surface area contributed by atoms with Crippen molar-refractivity contribution in [2.45, 2.75) is 58.9 Å². The number of carbonyl (C=O) groups is 1. The maximum Gasteiger partial charge on any atom is 0.231 e. The summed E-state index contributed by atoms with van der Waals surface area (Å²) in [5.74, 6) is 1.31. The fraction of sp³-hybridized carbons (Fsp3) is 0.450. The van der Waals surface area contributed by atoms with Gasteiger partial charge in [0.15, 0.2) is 10.8 Å². The van der Waals surface area contributed by atoms with Gasteiger partial charge in [-0.15, -0.1) is 11.3 Å². The van der Waals surface area contributed by atoms with Crippen molar-refractivity contribution in [3.8, 4) is 10.8 Å². The molecule has 0 aliphatic carbocycles. The Morgan fingerprint density at radius 2 is 2.00 bits per heavy atom. The van der Waals surface area contributed by atoms with Gasteiger partial charge in [0.1, 0.15) is 5.82 Å². The zero-order valence-corrected chi connectivity index (χ0v) is 17.5. The lowest BCUT2D eigenvalue weighted by atomic mass is 9.92. The average Bonchev–Trinajstić information content (AvgIpc) is 3.24. The summed E-state index contributed by atoms with van der Waals surface area (Å²) in [5.41, 5.74) is 1.34. The van der Waals surface area contributed by atoms with E-state index in [1.807, 2.05) is 28.3 Å². The first-order valence-corrected chi connectivity index (χ1v) is 9.81. The van der Waals surface area contributed by atoms with Crippen molar-refractivity contribution in [1.29, 1.82) is 0 Å². The van der Waals surface area contributed by atoms with E-state index < -0.39 is 0 Å². The monoisotopic (exact) mass is 386 g/mol. The molecule has 3 aromatic heterocycles. The van der Waals surface area contributed by atoms with Crippen LogP contribution in [0.15, 0.2) is 34.3 Å². The van der Waals surface area contributed by atoms with E-state index in [-0.39, 0.29) is 23.3 Å². The van der Waals surface area contributed by atoms with Crippen molar-refractivity contribution in [1.82, 2.24) is 14.8 Å². The van der Waals surface area contributed by atoms with Crippen LogP contribution in [0.2, 0.25) is 0 Å². The van der Waals surface area contributed by atoms with Gasteiger partial charge in [-0.05, 0) is 32.9 Å². The lowest BCUT2D eigenvalue weighted by Gasteiger charge is -2.23. The molecular formula is C20H26N4O2S. The van der Waals surface area contributed by atoms with Gasteiger partial charge in [-0.3, -0.25) is 4.79 Å². The van der Waals surface area contributed by atoms with E-state index in [0.29, 0.717) is 11.6 Å². The fourth-order valence-corrected chi connectivity index (χ4v) is 3.39.